The number of imidazole rings is 1. The summed E-state index contributed by atoms with van der Waals surface area (Å²) < 4.78 is 1.83. The molecule has 1 aliphatic carbocycles. The van der Waals surface area contributed by atoms with E-state index in [1.54, 1.807) is 19.6 Å². The van der Waals surface area contributed by atoms with E-state index in [9.17, 15) is 10.2 Å². The third kappa shape index (κ3) is 2.91. The Morgan fingerprint density at radius 1 is 1.23 bits per heavy atom. The highest BCUT2D eigenvalue weighted by molar-refractivity contribution is 5.82. The molecular weight excluding hydrogens is 336 g/mol. The Morgan fingerprint density at radius 3 is 2.88 bits per heavy atom. The van der Waals surface area contributed by atoms with Crippen LogP contribution in [-0.2, 0) is 6.54 Å². The lowest BCUT2D eigenvalue weighted by molar-refractivity contribution is -0.0574. The smallest absolute Gasteiger partial charge is 0.165 e. The summed E-state index contributed by atoms with van der Waals surface area (Å²) in [5.74, 6) is 0.638. The van der Waals surface area contributed by atoms with E-state index in [0.717, 1.165) is 12.1 Å². The minimum Gasteiger partial charge on any atom is -0.389 e. The molecule has 4 atom stereocenters. The van der Waals surface area contributed by atoms with Crippen molar-refractivity contribution in [2.75, 3.05) is 12.4 Å². The Kier molecular flexibility index (Phi) is 4.53. The standard InChI is InChI=1S/C16H22N8O2/c1-17-15-12-16(20-7-19-15)24(8-21-12)11-3-2-10(13(25)14(11)26)18-6-9-4-5-22-23-9/h4-5,7-8,10-11,13-14,18,25-26H,2-3,6H2,1H3,(H,22,23)(H,17,19,20)/t10-,11-,13-,14-/m1/s1. The number of aliphatic hydroxyl groups is 2. The Balaban J connectivity index is 1.51. The van der Waals surface area contributed by atoms with Gasteiger partial charge >= 0.3 is 0 Å². The first kappa shape index (κ1) is 16.9. The van der Waals surface area contributed by atoms with Crippen LogP contribution >= 0.6 is 0 Å². The molecule has 10 heteroatoms. The van der Waals surface area contributed by atoms with Gasteiger partial charge in [-0.3, -0.25) is 5.10 Å². The molecule has 138 valence electrons. The quantitative estimate of drug-likeness (QED) is 0.423. The van der Waals surface area contributed by atoms with Crippen LogP contribution < -0.4 is 10.6 Å². The molecule has 3 aromatic heterocycles. The number of fused-ring (bicyclic) bond motifs is 1. The SMILES string of the molecule is CNc1ncnc2c1ncn2[C@@H]1CC[C@@H](NCc2ccn[nH]2)[C@@H](O)[C@@H]1O. The van der Waals surface area contributed by atoms with Crippen LogP contribution in [-0.4, -0.2) is 65.2 Å². The van der Waals surface area contributed by atoms with Crippen molar-refractivity contribution in [3.8, 4) is 0 Å². The number of hydrogen-bond donors (Lipinski definition) is 5. The van der Waals surface area contributed by atoms with Gasteiger partial charge in [-0.25, -0.2) is 15.0 Å². The van der Waals surface area contributed by atoms with Gasteiger partial charge in [-0.2, -0.15) is 5.10 Å². The summed E-state index contributed by atoms with van der Waals surface area (Å²) in [6.45, 7) is 0.561. The Hall–Kier alpha value is -2.56. The van der Waals surface area contributed by atoms with E-state index < -0.39 is 12.2 Å². The molecular formula is C16H22N8O2. The van der Waals surface area contributed by atoms with Crippen molar-refractivity contribution in [3.63, 3.8) is 0 Å². The zero-order valence-corrected chi connectivity index (χ0v) is 14.4. The molecule has 10 nitrogen and oxygen atoms in total. The van der Waals surface area contributed by atoms with Gasteiger partial charge in [0.05, 0.1) is 18.5 Å². The fraction of sp³-hybridized carbons (Fsp3) is 0.500. The van der Waals surface area contributed by atoms with E-state index in [1.165, 1.54) is 6.33 Å². The molecule has 1 aliphatic rings. The molecule has 1 fully saturated rings. The van der Waals surface area contributed by atoms with Gasteiger partial charge in [0.1, 0.15) is 17.9 Å². The van der Waals surface area contributed by atoms with E-state index in [-0.39, 0.29) is 12.1 Å². The molecule has 0 bridgehead atoms. The third-order valence-electron chi connectivity index (χ3n) is 5.00. The Morgan fingerprint density at radius 2 is 2.12 bits per heavy atom. The second kappa shape index (κ2) is 6.98. The second-order valence-electron chi connectivity index (χ2n) is 6.49. The first-order chi connectivity index (χ1) is 12.7. The number of H-pyrrole nitrogens is 1. The highest BCUT2D eigenvalue weighted by atomic mass is 16.3. The molecule has 4 rings (SSSR count). The van der Waals surface area contributed by atoms with Gasteiger partial charge in [-0.05, 0) is 18.9 Å². The molecule has 1 saturated carbocycles. The van der Waals surface area contributed by atoms with Crippen LogP contribution in [0.1, 0.15) is 24.6 Å². The van der Waals surface area contributed by atoms with Crippen LogP contribution in [0.3, 0.4) is 0 Å². The second-order valence-corrected chi connectivity index (χ2v) is 6.49. The van der Waals surface area contributed by atoms with E-state index in [2.05, 4.69) is 35.8 Å². The summed E-state index contributed by atoms with van der Waals surface area (Å²) in [5.41, 5.74) is 2.23. The normalized spacial score (nSPS) is 26.3. The largest absolute Gasteiger partial charge is 0.389 e. The van der Waals surface area contributed by atoms with Crippen LogP contribution in [0.25, 0.3) is 11.2 Å². The third-order valence-corrected chi connectivity index (χ3v) is 5.00. The lowest BCUT2D eigenvalue weighted by Gasteiger charge is -2.38. The highest BCUT2D eigenvalue weighted by Crippen LogP contribution is 2.32. The molecule has 0 spiro atoms. The zero-order chi connectivity index (χ0) is 18.1. The average molecular weight is 358 g/mol. The number of rotatable bonds is 5. The molecule has 5 N–H and O–H groups in total. The fourth-order valence-corrected chi connectivity index (χ4v) is 3.59. The molecule has 0 unspecified atom stereocenters. The number of aromatic amines is 1. The molecule has 0 aromatic carbocycles. The molecule has 26 heavy (non-hydrogen) atoms. The average Bonchev–Trinajstić information content (AvgIpc) is 3.32. The summed E-state index contributed by atoms with van der Waals surface area (Å²) in [6, 6.07) is 1.39. The maximum atomic E-state index is 10.7. The van der Waals surface area contributed by atoms with Crippen molar-refractivity contribution >= 4 is 17.0 Å². The van der Waals surface area contributed by atoms with Crippen molar-refractivity contribution in [1.29, 1.82) is 0 Å². The van der Waals surface area contributed by atoms with E-state index in [0.29, 0.717) is 29.9 Å². The van der Waals surface area contributed by atoms with Crippen LogP contribution in [0.4, 0.5) is 5.82 Å². The first-order valence-electron chi connectivity index (χ1n) is 8.62. The summed E-state index contributed by atoms with van der Waals surface area (Å²) in [6.07, 6.45) is 4.41. The lowest BCUT2D eigenvalue weighted by Crippen LogP contribution is -2.52. The Labute approximate surface area is 149 Å². The van der Waals surface area contributed by atoms with Crippen molar-refractivity contribution in [3.05, 3.63) is 30.6 Å². The predicted molar refractivity (Wildman–Crippen MR) is 94.4 cm³/mol. The van der Waals surface area contributed by atoms with Gasteiger partial charge in [0.2, 0.25) is 0 Å². The molecule has 0 saturated heterocycles. The lowest BCUT2D eigenvalue weighted by atomic mass is 9.85. The van der Waals surface area contributed by atoms with Gasteiger partial charge in [0.15, 0.2) is 11.5 Å². The first-order valence-corrected chi connectivity index (χ1v) is 8.62. The molecule has 3 heterocycles. The summed E-state index contributed by atoms with van der Waals surface area (Å²) in [4.78, 5) is 12.8. The maximum absolute atomic E-state index is 10.7. The van der Waals surface area contributed by atoms with E-state index in [1.807, 2.05) is 10.6 Å². The number of aromatic nitrogens is 6. The summed E-state index contributed by atoms with van der Waals surface area (Å²) in [5, 5.41) is 34.3. The van der Waals surface area contributed by atoms with Crippen LogP contribution in [0.5, 0.6) is 0 Å². The van der Waals surface area contributed by atoms with Gasteiger partial charge in [0, 0.05) is 31.5 Å². The molecule has 0 radical (unpaired) electrons. The molecule has 0 aliphatic heterocycles. The number of hydrogen-bond acceptors (Lipinski definition) is 8. The van der Waals surface area contributed by atoms with Gasteiger partial charge < -0.3 is 25.4 Å². The number of nitrogens with one attached hydrogen (secondary N) is 3. The monoisotopic (exact) mass is 358 g/mol. The van der Waals surface area contributed by atoms with Crippen molar-refractivity contribution < 1.29 is 10.2 Å². The zero-order valence-electron chi connectivity index (χ0n) is 14.4. The minimum atomic E-state index is -0.923. The number of anilines is 1. The highest BCUT2D eigenvalue weighted by Gasteiger charge is 2.38. The predicted octanol–water partition coefficient (Wildman–Crippen LogP) is -0.194. The van der Waals surface area contributed by atoms with Gasteiger partial charge in [0.25, 0.3) is 0 Å². The van der Waals surface area contributed by atoms with Crippen molar-refractivity contribution in [1.82, 2.24) is 35.0 Å². The summed E-state index contributed by atoms with van der Waals surface area (Å²) in [7, 11) is 1.77. The van der Waals surface area contributed by atoms with E-state index >= 15 is 0 Å². The van der Waals surface area contributed by atoms with Crippen LogP contribution in [0.2, 0.25) is 0 Å². The number of aliphatic hydroxyl groups excluding tert-OH is 2. The fourth-order valence-electron chi connectivity index (χ4n) is 3.59. The number of nitrogens with zero attached hydrogens (tertiary/aromatic N) is 5. The van der Waals surface area contributed by atoms with Crippen molar-refractivity contribution in [2.45, 2.75) is 43.7 Å². The summed E-state index contributed by atoms with van der Waals surface area (Å²) >= 11 is 0. The topological polar surface area (TPSA) is 137 Å². The Bertz CT molecular complexity index is 864. The van der Waals surface area contributed by atoms with Crippen molar-refractivity contribution in [2.24, 2.45) is 0 Å². The van der Waals surface area contributed by atoms with Gasteiger partial charge in [-0.1, -0.05) is 0 Å². The van der Waals surface area contributed by atoms with Crippen LogP contribution in [0.15, 0.2) is 24.9 Å². The van der Waals surface area contributed by atoms with Gasteiger partial charge in [-0.15, -0.1) is 0 Å². The molecule has 3 aromatic rings. The van der Waals surface area contributed by atoms with Crippen LogP contribution in [0, 0.1) is 0 Å². The molecule has 0 amide bonds. The van der Waals surface area contributed by atoms with E-state index in [4.69, 9.17) is 0 Å². The minimum absolute atomic E-state index is 0.193. The maximum Gasteiger partial charge on any atom is 0.165 e.